The van der Waals surface area contributed by atoms with Gasteiger partial charge in [0.15, 0.2) is 12.2 Å². The van der Waals surface area contributed by atoms with Crippen molar-refractivity contribution in [3.63, 3.8) is 0 Å². The van der Waals surface area contributed by atoms with Crippen molar-refractivity contribution in [3.05, 3.63) is 120 Å². The van der Waals surface area contributed by atoms with Crippen LogP contribution in [0.4, 0.5) is 14.5 Å². The number of hydrogen-bond acceptors (Lipinski definition) is 6. The lowest BCUT2D eigenvalue weighted by Gasteiger charge is -2.24. The lowest BCUT2D eigenvalue weighted by molar-refractivity contribution is -0.118. The van der Waals surface area contributed by atoms with E-state index in [0.29, 0.717) is 18.0 Å². The minimum absolute atomic E-state index is 0.0356. The van der Waals surface area contributed by atoms with Crippen LogP contribution in [-0.2, 0) is 29.0 Å². The lowest BCUT2D eigenvalue weighted by Crippen LogP contribution is -2.48. The van der Waals surface area contributed by atoms with Gasteiger partial charge < -0.3 is 25.5 Å². The van der Waals surface area contributed by atoms with Gasteiger partial charge in [0.05, 0.1) is 18.3 Å². The van der Waals surface area contributed by atoms with E-state index in [4.69, 9.17) is 4.42 Å². The number of oxazole rings is 1. The van der Waals surface area contributed by atoms with Gasteiger partial charge in [-0.05, 0) is 65.9 Å². The monoisotopic (exact) mass is 574 g/mol. The molecule has 0 aliphatic heterocycles. The molecule has 0 fully saturated rings. The van der Waals surface area contributed by atoms with Crippen molar-refractivity contribution in [3.8, 4) is 11.3 Å². The molecule has 0 saturated heterocycles. The SMILES string of the molecule is CCc1cccc(CNC[C@@H](O)[C@H](Cc2cc(F)cc(F)c2)NC(=O)/C=C/C(=O)Nc2ccc(-c3cnco3)cc2)c1. The molecule has 0 saturated carbocycles. The van der Waals surface area contributed by atoms with E-state index < -0.39 is 35.6 Å². The minimum Gasteiger partial charge on any atom is -0.444 e. The molecule has 10 heteroatoms. The van der Waals surface area contributed by atoms with Gasteiger partial charge in [-0.2, -0.15) is 0 Å². The summed E-state index contributed by atoms with van der Waals surface area (Å²) < 4.78 is 32.9. The zero-order chi connectivity index (χ0) is 29.9. The Morgan fingerprint density at radius 1 is 0.952 bits per heavy atom. The fraction of sp³-hybridized carbons (Fsp3) is 0.219. The number of carbonyl (C=O) groups is 2. The van der Waals surface area contributed by atoms with E-state index in [1.165, 1.54) is 12.0 Å². The number of aromatic nitrogens is 1. The summed E-state index contributed by atoms with van der Waals surface area (Å²) in [6.07, 6.45) is 4.76. The molecule has 4 rings (SSSR count). The molecular weight excluding hydrogens is 542 g/mol. The van der Waals surface area contributed by atoms with Crippen LogP contribution in [0.2, 0.25) is 0 Å². The van der Waals surface area contributed by atoms with Crippen molar-refractivity contribution < 1.29 is 27.9 Å². The fourth-order valence-electron chi connectivity index (χ4n) is 4.37. The lowest BCUT2D eigenvalue weighted by atomic mass is 10.0. The van der Waals surface area contributed by atoms with Crippen LogP contribution in [0.1, 0.15) is 23.6 Å². The molecule has 0 aliphatic carbocycles. The number of anilines is 1. The van der Waals surface area contributed by atoms with Gasteiger partial charge in [0.1, 0.15) is 11.6 Å². The smallest absolute Gasteiger partial charge is 0.248 e. The highest BCUT2D eigenvalue weighted by molar-refractivity contribution is 6.03. The predicted molar refractivity (Wildman–Crippen MR) is 155 cm³/mol. The second-order valence-corrected chi connectivity index (χ2v) is 9.73. The molecule has 0 unspecified atom stereocenters. The normalized spacial score (nSPS) is 12.7. The van der Waals surface area contributed by atoms with Gasteiger partial charge in [0, 0.05) is 42.6 Å². The number of amides is 2. The highest BCUT2D eigenvalue weighted by atomic mass is 19.1. The maximum absolute atomic E-state index is 13.8. The zero-order valence-corrected chi connectivity index (χ0v) is 23.0. The molecule has 0 bridgehead atoms. The number of nitrogens with one attached hydrogen (secondary N) is 3. The molecule has 3 aromatic carbocycles. The third-order valence-corrected chi connectivity index (χ3v) is 6.51. The van der Waals surface area contributed by atoms with E-state index in [9.17, 15) is 23.5 Å². The van der Waals surface area contributed by atoms with Crippen molar-refractivity contribution in [2.24, 2.45) is 0 Å². The minimum atomic E-state index is -1.10. The van der Waals surface area contributed by atoms with Gasteiger partial charge in [-0.3, -0.25) is 9.59 Å². The molecule has 8 nitrogen and oxygen atoms in total. The number of hydrogen-bond donors (Lipinski definition) is 4. The Balaban J connectivity index is 1.36. The summed E-state index contributed by atoms with van der Waals surface area (Å²) in [6.45, 7) is 2.65. The van der Waals surface area contributed by atoms with Crippen LogP contribution in [-0.4, -0.2) is 40.6 Å². The predicted octanol–water partition coefficient (Wildman–Crippen LogP) is 4.56. The Hall–Kier alpha value is -4.67. The summed E-state index contributed by atoms with van der Waals surface area (Å²) in [7, 11) is 0. The van der Waals surface area contributed by atoms with Gasteiger partial charge >= 0.3 is 0 Å². The molecule has 0 spiro atoms. The van der Waals surface area contributed by atoms with E-state index in [-0.39, 0.29) is 18.5 Å². The molecule has 1 heterocycles. The number of nitrogens with zero attached hydrogens (tertiary/aromatic N) is 1. The summed E-state index contributed by atoms with van der Waals surface area (Å²) in [5.74, 6) is -2.13. The molecule has 4 N–H and O–H groups in total. The zero-order valence-electron chi connectivity index (χ0n) is 23.0. The number of aliphatic hydroxyl groups excluding tert-OH is 1. The Labute approximate surface area is 242 Å². The Bertz CT molecular complexity index is 1490. The molecule has 4 aromatic rings. The number of rotatable bonds is 13. The van der Waals surface area contributed by atoms with Crippen molar-refractivity contribution >= 4 is 17.5 Å². The number of carbonyl (C=O) groups excluding carboxylic acids is 2. The molecule has 0 radical (unpaired) electrons. The van der Waals surface area contributed by atoms with Crippen LogP contribution >= 0.6 is 0 Å². The number of aryl methyl sites for hydroxylation is 1. The van der Waals surface area contributed by atoms with E-state index in [1.54, 1.807) is 30.5 Å². The average molecular weight is 575 g/mol. The molecular formula is C32H32F2N4O4. The van der Waals surface area contributed by atoms with E-state index in [2.05, 4.69) is 33.9 Å². The highest BCUT2D eigenvalue weighted by Gasteiger charge is 2.22. The first-order valence-corrected chi connectivity index (χ1v) is 13.5. The third kappa shape index (κ3) is 9.18. The largest absolute Gasteiger partial charge is 0.444 e. The Kier molecular flexibility index (Phi) is 10.7. The molecule has 2 atom stereocenters. The molecule has 0 aliphatic rings. The second kappa shape index (κ2) is 14.8. The van der Waals surface area contributed by atoms with Gasteiger partial charge in [0.2, 0.25) is 11.8 Å². The van der Waals surface area contributed by atoms with E-state index >= 15 is 0 Å². The van der Waals surface area contributed by atoms with Crippen molar-refractivity contribution in [1.82, 2.24) is 15.6 Å². The summed E-state index contributed by atoms with van der Waals surface area (Å²) in [5, 5.41) is 19.4. The van der Waals surface area contributed by atoms with Crippen LogP contribution in [0.5, 0.6) is 0 Å². The van der Waals surface area contributed by atoms with Crippen LogP contribution in [0.25, 0.3) is 11.3 Å². The summed E-state index contributed by atoms with van der Waals surface area (Å²) >= 11 is 0. The maximum atomic E-state index is 13.8. The van der Waals surface area contributed by atoms with Gasteiger partial charge in [-0.25, -0.2) is 13.8 Å². The number of aliphatic hydroxyl groups is 1. The van der Waals surface area contributed by atoms with Crippen LogP contribution in [0, 0.1) is 11.6 Å². The van der Waals surface area contributed by atoms with Gasteiger partial charge in [-0.1, -0.05) is 31.2 Å². The van der Waals surface area contributed by atoms with Crippen molar-refractivity contribution in [2.45, 2.75) is 38.5 Å². The molecule has 218 valence electrons. The fourth-order valence-corrected chi connectivity index (χ4v) is 4.37. The Morgan fingerprint density at radius 2 is 1.67 bits per heavy atom. The first kappa shape index (κ1) is 30.3. The maximum Gasteiger partial charge on any atom is 0.248 e. The average Bonchev–Trinajstić information content (AvgIpc) is 3.51. The first-order chi connectivity index (χ1) is 20.3. The van der Waals surface area contributed by atoms with Crippen LogP contribution in [0.15, 0.2) is 95.9 Å². The van der Waals surface area contributed by atoms with Gasteiger partial charge in [-0.15, -0.1) is 0 Å². The second-order valence-electron chi connectivity index (χ2n) is 9.73. The molecule has 1 aromatic heterocycles. The number of benzene rings is 3. The quantitative estimate of drug-likeness (QED) is 0.174. The highest BCUT2D eigenvalue weighted by Crippen LogP contribution is 2.20. The van der Waals surface area contributed by atoms with Crippen LogP contribution in [0.3, 0.4) is 0 Å². The third-order valence-electron chi connectivity index (χ3n) is 6.51. The number of halogens is 2. The first-order valence-electron chi connectivity index (χ1n) is 13.5. The van der Waals surface area contributed by atoms with Crippen molar-refractivity contribution in [2.75, 3.05) is 11.9 Å². The standard InChI is InChI=1S/C32H32F2N4O4/c1-2-21-4-3-5-22(12-21)17-35-18-29(39)28(15-23-13-25(33)16-26(34)14-23)38-32(41)11-10-31(40)37-27-8-6-24(7-9-27)30-19-36-20-42-30/h3-14,16,19-20,28-29,35,39H,2,15,17-18H2,1H3,(H,37,40)(H,38,41)/b11-10+/t28-,29+/m0/s1. The van der Waals surface area contributed by atoms with Crippen molar-refractivity contribution in [1.29, 1.82) is 0 Å². The van der Waals surface area contributed by atoms with Gasteiger partial charge in [0.25, 0.3) is 0 Å². The van der Waals surface area contributed by atoms with E-state index in [1.807, 2.05) is 18.2 Å². The molecule has 42 heavy (non-hydrogen) atoms. The topological polar surface area (TPSA) is 116 Å². The summed E-state index contributed by atoms with van der Waals surface area (Å²) in [5.41, 5.74) is 3.78. The van der Waals surface area contributed by atoms with Crippen LogP contribution < -0.4 is 16.0 Å². The van der Waals surface area contributed by atoms with E-state index in [0.717, 1.165) is 47.9 Å². The summed E-state index contributed by atoms with van der Waals surface area (Å²) in [6, 6.07) is 17.0. The molecule has 2 amide bonds. The summed E-state index contributed by atoms with van der Waals surface area (Å²) in [4.78, 5) is 29.0. The Morgan fingerprint density at radius 3 is 2.36 bits per heavy atom.